The summed E-state index contributed by atoms with van der Waals surface area (Å²) >= 11 is 0. The molecule has 0 heterocycles. The predicted octanol–water partition coefficient (Wildman–Crippen LogP) is 8.16. The zero-order valence-corrected chi connectivity index (χ0v) is 23.9. The lowest BCUT2D eigenvalue weighted by Gasteiger charge is -2.41. The van der Waals surface area contributed by atoms with Crippen molar-refractivity contribution in [1.29, 1.82) is 0 Å². The molecule has 0 saturated heterocycles. The second-order valence-electron chi connectivity index (χ2n) is 9.93. The van der Waals surface area contributed by atoms with Crippen LogP contribution in [0.5, 0.6) is 0 Å². The zero-order chi connectivity index (χ0) is 26.7. The quantitative estimate of drug-likeness (QED) is 0.181. The van der Waals surface area contributed by atoms with Crippen LogP contribution in [0.15, 0.2) is 164 Å². The van der Waals surface area contributed by atoms with E-state index in [0.29, 0.717) is 0 Å². The molecule has 0 aliphatic heterocycles. The maximum atomic E-state index is 2.77. The van der Waals surface area contributed by atoms with Gasteiger partial charge in [0, 0.05) is 26.9 Å². The van der Waals surface area contributed by atoms with Crippen LogP contribution >= 0.6 is 16.1 Å². The molecule has 0 aromatic heterocycles. The van der Waals surface area contributed by atoms with E-state index in [1.165, 1.54) is 49.2 Å². The van der Waals surface area contributed by atoms with Crippen LogP contribution in [0.1, 0.15) is 11.1 Å². The number of benzene rings is 6. The maximum Gasteiger partial charge on any atom is 0.0590 e. The molecule has 6 aromatic rings. The van der Waals surface area contributed by atoms with Gasteiger partial charge in [-0.3, -0.25) is 0 Å². The van der Waals surface area contributed by atoms with Gasteiger partial charge >= 0.3 is 0 Å². The van der Waals surface area contributed by atoms with E-state index in [2.05, 4.69) is 168 Å². The number of hydrogen-bond donors (Lipinski definition) is 0. The Morgan fingerprint density at radius 1 is 0.375 bits per heavy atom. The van der Waals surface area contributed by atoms with Crippen molar-refractivity contribution in [3.05, 3.63) is 175 Å². The van der Waals surface area contributed by atoms with Crippen LogP contribution < -0.4 is 25.7 Å². The predicted molar refractivity (Wildman–Crippen MR) is 175 cm³/mol. The van der Waals surface area contributed by atoms with Crippen LogP contribution in [0, 0.1) is 0 Å². The van der Waals surface area contributed by atoms with E-state index in [1.54, 1.807) is 0 Å². The molecule has 3 heteroatoms. The molecule has 1 aliphatic rings. The number of hydrogen-bond acceptors (Lipinski definition) is 1. The molecule has 0 radical (unpaired) electrons. The highest BCUT2D eigenvalue weighted by molar-refractivity contribution is 7.90. The Balaban J connectivity index is 1.48. The molecule has 0 unspecified atom stereocenters. The van der Waals surface area contributed by atoms with E-state index in [9.17, 15) is 0 Å². The summed E-state index contributed by atoms with van der Waals surface area (Å²) < 4.78 is 2.77. The second-order valence-corrected chi connectivity index (χ2v) is 14.4. The summed E-state index contributed by atoms with van der Waals surface area (Å²) in [6.07, 6.45) is 0.983. The summed E-state index contributed by atoms with van der Waals surface area (Å²) in [7, 11) is -1.76. The Morgan fingerprint density at radius 2 is 0.775 bits per heavy atom. The van der Waals surface area contributed by atoms with Crippen molar-refractivity contribution in [2.24, 2.45) is 0 Å². The number of fused-ring (bicyclic) bond motifs is 3. The van der Waals surface area contributed by atoms with E-state index in [0.717, 1.165) is 6.42 Å². The number of nitrogens with zero attached hydrogens (tertiary/aromatic N) is 1. The van der Waals surface area contributed by atoms with Gasteiger partial charge in [-0.25, -0.2) is 0 Å². The molecule has 7 rings (SSSR count). The van der Waals surface area contributed by atoms with Crippen molar-refractivity contribution in [3.63, 3.8) is 0 Å². The molecule has 1 nitrogen and oxygen atoms in total. The second kappa shape index (κ2) is 11.2. The topological polar surface area (TPSA) is 3.24 Å². The highest BCUT2D eigenvalue weighted by Gasteiger charge is 2.33. The first-order valence-electron chi connectivity index (χ1n) is 13.7. The minimum atomic E-state index is -0.880. The van der Waals surface area contributed by atoms with Gasteiger partial charge in [0.15, 0.2) is 0 Å². The lowest BCUT2D eigenvalue weighted by atomic mass is 10.1. The van der Waals surface area contributed by atoms with Crippen molar-refractivity contribution in [2.75, 3.05) is 4.44 Å². The molecule has 0 saturated carbocycles. The van der Waals surface area contributed by atoms with Gasteiger partial charge in [-0.1, -0.05) is 152 Å². The molecular formula is C37H29NP2. The van der Waals surface area contributed by atoms with Gasteiger partial charge < -0.3 is 4.44 Å². The van der Waals surface area contributed by atoms with E-state index in [4.69, 9.17) is 0 Å². The summed E-state index contributed by atoms with van der Waals surface area (Å²) in [4.78, 5) is 0. The monoisotopic (exact) mass is 549 g/mol. The van der Waals surface area contributed by atoms with E-state index in [1.807, 2.05) is 0 Å². The minimum Gasteiger partial charge on any atom is -0.313 e. The van der Waals surface area contributed by atoms with Gasteiger partial charge in [-0.15, -0.1) is 0 Å². The Hall–Kier alpha value is -4.02. The van der Waals surface area contributed by atoms with Crippen molar-refractivity contribution in [3.8, 4) is 11.1 Å². The van der Waals surface area contributed by atoms with Crippen LogP contribution in [0.2, 0.25) is 0 Å². The van der Waals surface area contributed by atoms with Gasteiger partial charge in [0.25, 0.3) is 0 Å². The highest BCUT2D eigenvalue weighted by Crippen LogP contribution is 2.57. The van der Waals surface area contributed by atoms with Crippen molar-refractivity contribution < 1.29 is 0 Å². The molecule has 0 atom stereocenters. The summed E-state index contributed by atoms with van der Waals surface area (Å²) in [6.45, 7) is 0. The highest BCUT2D eigenvalue weighted by atomic mass is 31.2. The fourth-order valence-corrected chi connectivity index (χ4v) is 11.5. The first kappa shape index (κ1) is 25.0. The van der Waals surface area contributed by atoms with Crippen LogP contribution in [0.4, 0.5) is 5.69 Å². The average Bonchev–Trinajstić information content (AvgIpc) is 3.41. The summed E-state index contributed by atoms with van der Waals surface area (Å²) in [5.74, 6) is 0. The molecule has 0 spiro atoms. The van der Waals surface area contributed by atoms with Crippen molar-refractivity contribution >= 4 is 43.1 Å². The molecule has 0 bridgehead atoms. The lowest BCUT2D eigenvalue weighted by molar-refractivity contribution is 1.26. The molecule has 40 heavy (non-hydrogen) atoms. The third kappa shape index (κ3) is 4.77. The normalized spacial score (nSPS) is 11.8. The number of anilines is 1. The Kier molecular flexibility index (Phi) is 7.01. The fraction of sp³-hybridized carbons (Fsp3) is 0.0270. The third-order valence-electron chi connectivity index (χ3n) is 7.39. The Morgan fingerprint density at radius 3 is 1.25 bits per heavy atom. The zero-order valence-electron chi connectivity index (χ0n) is 22.1. The van der Waals surface area contributed by atoms with Crippen LogP contribution in [0.25, 0.3) is 11.1 Å². The third-order valence-corrected chi connectivity index (χ3v) is 12.8. The van der Waals surface area contributed by atoms with Gasteiger partial charge in [-0.05, 0) is 40.8 Å². The molecule has 0 amide bonds. The van der Waals surface area contributed by atoms with Crippen LogP contribution in [-0.4, -0.2) is 0 Å². The molecule has 1 aliphatic carbocycles. The van der Waals surface area contributed by atoms with Gasteiger partial charge in [0.2, 0.25) is 0 Å². The summed E-state index contributed by atoms with van der Waals surface area (Å²) in [6, 6.07) is 60.4. The van der Waals surface area contributed by atoms with Gasteiger partial charge in [-0.2, -0.15) is 0 Å². The smallest absolute Gasteiger partial charge is 0.0590 e. The standard InChI is InChI=1S/C37H29NP2/c1-5-16-32(17-6-1)39(33-18-7-2-8-19-33)38(40(34-20-9-3-10-21-34)35-22-11-4-12-23-35)31-25-26-37-30(28-31)27-29-15-13-14-24-36(29)37/h1-26,28H,27H2. The molecular weight excluding hydrogens is 520 g/mol. The summed E-state index contributed by atoms with van der Waals surface area (Å²) in [5.41, 5.74) is 6.85. The molecule has 0 fully saturated rings. The maximum absolute atomic E-state index is 2.77. The minimum absolute atomic E-state index is 0.880. The summed E-state index contributed by atoms with van der Waals surface area (Å²) in [5, 5.41) is 5.41. The first-order valence-corrected chi connectivity index (χ1v) is 16.3. The molecule has 0 N–H and O–H groups in total. The van der Waals surface area contributed by atoms with Gasteiger partial charge in [0.1, 0.15) is 0 Å². The fourth-order valence-electron chi connectivity index (χ4n) is 5.59. The van der Waals surface area contributed by atoms with Crippen LogP contribution in [-0.2, 0) is 6.42 Å². The average molecular weight is 550 g/mol. The van der Waals surface area contributed by atoms with Crippen molar-refractivity contribution in [2.45, 2.75) is 6.42 Å². The largest absolute Gasteiger partial charge is 0.313 e. The molecule has 192 valence electrons. The van der Waals surface area contributed by atoms with E-state index < -0.39 is 16.1 Å². The lowest BCUT2D eigenvalue weighted by Crippen LogP contribution is -2.31. The Bertz CT molecular complexity index is 1560. The van der Waals surface area contributed by atoms with Crippen molar-refractivity contribution in [1.82, 2.24) is 0 Å². The van der Waals surface area contributed by atoms with Gasteiger partial charge in [0.05, 0.1) is 16.1 Å². The molecule has 6 aromatic carbocycles. The van der Waals surface area contributed by atoms with E-state index >= 15 is 0 Å². The first-order chi connectivity index (χ1) is 19.9. The SMILES string of the molecule is c1ccc(P(c2ccccc2)N(c2ccc3c(c2)Cc2ccccc2-3)P(c2ccccc2)c2ccccc2)cc1. The van der Waals surface area contributed by atoms with E-state index in [-0.39, 0.29) is 0 Å². The number of rotatable bonds is 7. The van der Waals surface area contributed by atoms with Crippen LogP contribution in [0.3, 0.4) is 0 Å². The Labute approximate surface area is 239 Å².